The van der Waals surface area contributed by atoms with Crippen LogP contribution in [0.5, 0.6) is 0 Å². The number of sulfone groups is 1. The highest BCUT2D eigenvalue weighted by atomic mass is 79.9. The summed E-state index contributed by atoms with van der Waals surface area (Å²) < 4.78 is 39.9. The molecule has 14 heteroatoms. The van der Waals surface area contributed by atoms with Gasteiger partial charge in [0.2, 0.25) is 26.8 Å². The molecule has 2 atom stereocenters. The molecule has 1 fully saturated rings. The number of amides is 2. The minimum atomic E-state index is -3.56. The van der Waals surface area contributed by atoms with Crippen molar-refractivity contribution in [2.24, 2.45) is 0 Å². The lowest BCUT2D eigenvalue weighted by Gasteiger charge is -2.24. The van der Waals surface area contributed by atoms with Gasteiger partial charge in [-0.2, -0.15) is 0 Å². The highest BCUT2D eigenvalue weighted by Gasteiger charge is 2.40. The molecule has 4 heterocycles. The van der Waals surface area contributed by atoms with Gasteiger partial charge in [0, 0.05) is 53.3 Å². The number of alkyl halides is 1. The third kappa shape index (κ3) is 6.03. The molecular weight excluding hydrogens is 619 g/mol. The normalized spacial score (nSPS) is 17.1. The summed E-state index contributed by atoms with van der Waals surface area (Å²) >= 11 is 3.23. The maximum absolute atomic E-state index is 14.5. The predicted molar refractivity (Wildman–Crippen MR) is 152 cm³/mol. The SMILES string of the molecule is CC(=O)c1cn(CC(=O)N2C[C@H](F)C[C@H]2C(=O)Nc2cccc(Br)n2)c2ccc(-c3cnc(S(C)(=O)=O)nc3)cc12. The van der Waals surface area contributed by atoms with Crippen molar-refractivity contribution in [3.8, 4) is 11.1 Å². The second-order valence-electron chi connectivity index (χ2n) is 9.71. The number of nitrogens with zero attached hydrogens (tertiary/aromatic N) is 5. The summed E-state index contributed by atoms with van der Waals surface area (Å²) in [6.07, 6.45) is 3.84. The predicted octanol–water partition coefficient (Wildman–Crippen LogP) is 3.44. The number of rotatable bonds is 7. The summed E-state index contributed by atoms with van der Waals surface area (Å²) in [6, 6.07) is 9.15. The number of likely N-dealkylation sites (tertiary alicyclic amines) is 1. The lowest BCUT2D eigenvalue weighted by molar-refractivity contribution is -0.137. The lowest BCUT2D eigenvalue weighted by Crippen LogP contribution is -2.44. The average Bonchev–Trinajstić information content (AvgIpc) is 3.49. The van der Waals surface area contributed by atoms with Gasteiger partial charge in [-0.25, -0.2) is 27.8 Å². The number of hydrogen-bond donors (Lipinski definition) is 1. The standard InChI is InChI=1S/C27H24BrFN6O5S/c1-15(36)20-13-34(21-7-6-16(8-19(20)21)17-10-30-27(31-11-17)41(2,39)40)14-25(37)35-12-18(29)9-22(35)26(38)33-24-5-3-4-23(28)32-24/h3-8,10-11,13,18,22H,9,12,14H2,1-2H3,(H,32,33,38)/t18-,22+/m1/s1. The van der Waals surface area contributed by atoms with Crippen molar-refractivity contribution in [1.82, 2.24) is 24.4 Å². The number of anilines is 1. The molecule has 0 aliphatic carbocycles. The number of nitrogens with one attached hydrogen (secondary N) is 1. The summed E-state index contributed by atoms with van der Waals surface area (Å²) in [5.41, 5.74) is 2.12. The van der Waals surface area contributed by atoms with Crippen LogP contribution in [-0.4, -0.2) is 75.4 Å². The van der Waals surface area contributed by atoms with Crippen molar-refractivity contribution in [1.29, 1.82) is 0 Å². The Labute approximate surface area is 242 Å². The summed E-state index contributed by atoms with van der Waals surface area (Å²) in [4.78, 5) is 52.1. The zero-order chi connectivity index (χ0) is 29.5. The van der Waals surface area contributed by atoms with Crippen LogP contribution in [0.2, 0.25) is 0 Å². The van der Waals surface area contributed by atoms with E-state index < -0.39 is 33.9 Å². The quantitative estimate of drug-likeness (QED) is 0.183. The van der Waals surface area contributed by atoms with Crippen molar-refractivity contribution in [2.45, 2.75) is 37.3 Å². The van der Waals surface area contributed by atoms with Crippen molar-refractivity contribution < 1.29 is 27.2 Å². The van der Waals surface area contributed by atoms with E-state index in [0.29, 0.717) is 32.2 Å². The summed E-state index contributed by atoms with van der Waals surface area (Å²) in [6.45, 7) is 0.957. The summed E-state index contributed by atoms with van der Waals surface area (Å²) in [7, 11) is -3.56. The number of Topliss-reactive ketones (excluding diaryl/α,β-unsaturated/α-hetero) is 1. The largest absolute Gasteiger partial charge is 0.337 e. The van der Waals surface area contributed by atoms with Crippen LogP contribution in [0.4, 0.5) is 10.2 Å². The van der Waals surface area contributed by atoms with Gasteiger partial charge in [0.15, 0.2) is 5.78 Å². The van der Waals surface area contributed by atoms with Crippen LogP contribution < -0.4 is 5.32 Å². The molecule has 0 spiro atoms. The fourth-order valence-electron chi connectivity index (χ4n) is 4.78. The van der Waals surface area contributed by atoms with Crippen molar-refractivity contribution in [3.63, 3.8) is 0 Å². The van der Waals surface area contributed by atoms with Crippen LogP contribution in [0.1, 0.15) is 23.7 Å². The van der Waals surface area contributed by atoms with Crippen LogP contribution >= 0.6 is 15.9 Å². The fraction of sp³-hybridized carbons (Fsp3) is 0.259. The van der Waals surface area contributed by atoms with E-state index in [9.17, 15) is 27.2 Å². The first-order valence-electron chi connectivity index (χ1n) is 12.4. The maximum atomic E-state index is 14.5. The van der Waals surface area contributed by atoms with Gasteiger partial charge in [0.05, 0.1) is 6.54 Å². The number of fused-ring (bicyclic) bond motifs is 1. The molecule has 0 bridgehead atoms. The van der Waals surface area contributed by atoms with Gasteiger partial charge in [0.1, 0.15) is 29.2 Å². The topological polar surface area (TPSA) is 144 Å². The Morgan fingerprint density at radius 1 is 1.12 bits per heavy atom. The third-order valence-corrected chi connectivity index (χ3v) is 8.01. The minimum absolute atomic E-state index is 0.139. The zero-order valence-corrected chi connectivity index (χ0v) is 24.3. The Morgan fingerprint density at radius 3 is 2.51 bits per heavy atom. The molecule has 0 unspecified atom stereocenters. The molecule has 212 valence electrons. The van der Waals surface area contributed by atoms with Crippen LogP contribution in [0, 0.1) is 0 Å². The van der Waals surface area contributed by atoms with Gasteiger partial charge in [-0.15, -0.1) is 0 Å². The molecule has 3 aromatic heterocycles. The Kier molecular flexibility index (Phi) is 7.70. The molecule has 1 saturated heterocycles. The molecule has 1 N–H and O–H groups in total. The number of carbonyl (C=O) groups excluding carboxylic acids is 3. The van der Waals surface area contributed by atoms with Gasteiger partial charge < -0.3 is 14.8 Å². The molecular formula is C27H24BrFN6O5S. The lowest BCUT2D eigenvalue weighted by atomic mass is 10.0. The minimum Gasteiger partial charge on any atom is -0.337 e. The third-order valence-electron chi connectivity index (χ3n) is 6.70. The van der Waals surface area contributed by atoms with Gasteiger partial charge >= 0.3 is 0 Å². The highest BCUT2D eigenvalue weighted by Crippen LogP contribution is 2.29. The Bertz CT molecular complexity index is 1790. The van der Waals surface area contributed by atoms with Gasteiger partial charge in [-0.3, -0.25) is 14.4 Å². The van der Waals surface area contributed by atoms with E-state index in [-0.39, 0.29) is 36.3 Å². The first kappa shape index (κ1) is 28.5. The summed E-state index contributed by atoms with van der Waals surface area (Å²) in [5.74, 6) is -0.979. The second-order valence-corrected chi connectivity index (χ2v) is 12.4. The first-order chi connectivity index (χ1) is 19.4. The number of aromatic nitrogens is 4. The number of benzene rings is 1. The van der Waals surface area contributed by atoms with Gasteiger partial charge in [-0.1, -0.05) is 12.1 Å². The van der Waals surface area contributed by atoms with E-state index in [1.54, 1.807) is 47.2 Å². The molecule has 5 rings (SSSR count). The molecule has 0 saturated carbocycles. The van der Waals surface area contributed by atoms with E-state index >= 15 is 0 Å². The summed E-state index contributed by atoms with van der Waals surface area (Å²) in [5, 5.41) is 2.91. The highest BCUT2D eigenvalue weighted by molar-refractivity contribution is 9.10. The van der Waals surface area contributed by atoms with Crippen LogP contribution in [0.25, 0.3) is 22.0 Å². The average molecular weight is 643 g/mol. The van der Waals surface area contributed by atoms with Crippen molar-refractivity contribution >= 4 is 60.1 Å². The van der Waals surface area contributed by atoms with E-state index in [4.69, 9.17) is 0 Å². The number of hydrogen-bond acceptors (Lipinski definition) is 8. The van der Waals surface area contributed by atoms with Crippen molar-refractivity contribution in [3.05, 3.63) is 65.2 Å². The van der Waals surface area contributed by atoms with Gasteiger partial charge in [0.25, 0.3) is 0 Å². The number of carbonyl (C=O) groups is 3. The molecule has 11 nitrogen and oxygen atoms in total. The molecule has 1 aliphatic heterocycles. The van der Waals surface area contributed by atoms with Crippen molar-refractivity contribution in [2.75, 3.05) is 18.1 Å². The Hall–Kier alpha value is -4.04. The molecule has 41 heavy (non-hydrogen) atoms. The maximum Gasteiger partial charge on any atom is 0.248 e. The van der Waals surface area contributed by atoms with E-state index in [2.05, 4.69) is 36.2 Å². The van der Waals surface area contributed by atoms with Crippen LogP contribution in [0.3, 0.4) is 0 Å². The molecule has 2 amide bonds. The molecule has 1 aromatic carbocycles. The van der Waals surface area contributed by atoms with Crippen LogP contribution in [-0.2, 0) is 26.0 Å². The number of pyridine rings is 1. The molecule has 0 radical (unpaired) electrons. The Morgan fingerprint density at radius 2 is 1.85 bits per heavy atom. The number of halogens is 2. The monoisotopic (exact) mass is 642 g/mol. The smallest absolute Gasteiger partial charge is 0.248 e. The zero-order valence-electron chi connectivity index (χ0n) is 21.9. The molecule has 1 aliphatic rings. The van der Waals surface area contributed by atoms with Gasteiger partial charge in [-0.05, 0) is 52.7 Å². The first-order valence-corrected chi connectivity index (χ1v) is 15.1. The second kappa shape index (κ2) is 11.1. The van der Waals surface area contributed by atoms with E-state index in [1.165, 1.54) is 24.2 Å². The van der Waals surface area contributed by atoms with E-state index in [0.717, 1.165) is 6.26 Å². The Balaban J connectivity index is 1.41. The fourth-order valence-corrected chi connectivity index (χ4v) is 5.61. The van der Waals surface area contributed by atoms with E-state index in [1.807, 2.05) is 0 Å². The molecule has 4 aromatic rings. The van der Waals surface area contributed by atoms with Crippen LogP contribution in [0.15, 0.2) is 64.7 Å². The number of ketones is 1.